The number of thioether (sulfide) groups is 1. The smallest absolute Gasteiger partial charge is 0.269 e. The highest BCUT2D eigenvalue weighted by molar-refractivity contribution is 7.99. The minimum absolute atomic E-state index is 0.0145. The van der Waals surface area contributed by atoms with Gasteiger partial charge in [0, 0.05) is 29.8 Å². The Hall–Kier alpha value is -5.34. The number of hydrazone groups is 1. The van der Waals surface area contributed by atoms with Gasteiger partial charge in [-0.25, -0.2) is 5.01 Å². The number of nitrogens with one attached hydrogen (secondary N) is 1. The molecule has 0 spiro atoms. The van der Waals surface area contributed by atoms with Gasteiger partial charge in [-0.1, -0.05) is 47.7 Å². The first-order chi connectivity index (χ1) is 23.3. The average molecular weight is 682 g/mol. The van der Waals surface area contributed by atoms with Crippen molar-refractivity contribution < 1.29 is 19.2 Å². The molecule has 0 aliphatic carbocycles. The summed E-state index contributed by atoms with van der Waals surface area (Å²) in [6.45, 7) is 4.47. The molecule has 14 heteroatoms. The lowest BCUT2D eigenvalue weighted by atomic mass is 10.00. The van der Waals surface area contributed by atoms with Crippen LogP contribution in [-0.2, 0) is 11.3 Å². The van der Waals surface area contributed by atoms with E-state index in [0.717, 1.165) is 27.4 Å². The molecular weight excluding hydrogens is 651 g/mol. The molecule has 0 bridgehead atoms. The zero-order valence-corrected chi connectivity index (χ0v) is 27.7. The van der Waals surface area contributed by atoms with Crippen LogP contribution >= 0.6 is 23.1 Å². The third kappa shape index (κ3) is 7.29. The van der Waals surface area contributed by atoms with Gasteiger partial charge in [-0.3, -0.25) is 24.3 Å². The fourth-order valence-corrected chi connectivity index (χ4v) is 6.74. The molecule has 3 heterocycles. The van der Waals surface area contributed by atoms with Gasteiger partial charge in [0.15, 0.2) is 11.0 Å². The number of ether oxygens (including phenoxy) is 1. The van der Waals surface area contributed by atoms with Gasteiger partial charge in [-0.2, -0.15) is 5.10 Å². The Bertz CT molecular complexity index is 1940. The van der Waals surface area contributed by atoms with Crippen LogP contribution in [0.2, 0.25) is 0 Å². The number of thiophene rings is 1. The number of amides is 2. The number of benzene rings is 3. The molecule has 1 aliphatic heterocycles. The normalized spacial score (nSPS) is 14.1. The fourth-order valence-electron chi connectivity index (χ4n) is 5.19. The molecule has 5 aromatic rings. The van der Waals surface area contributed by atoms with E-state index in [2.05, 4.69) is 15.5 Å². The number of hydrogen-bond donors (Lipinski definition) is 1. The number of carbonyl (C=O) groups excluding carboxylic acids is 2. The van der Waals surface area contributed by atoms with Crippen LogP contribution in [-0.4, -0.2) is 54.6 Å². The molecular formula is C34H31N7O5S2. The van der Waals surface area contributed by atoms with Gasteiger partial charge < -0.3 is 10.1 Å². The molecule has 1 unspecified atom stereocenters. The fraction of sp³-hybridized carbons (Fsp3) is 0.206. The average Bonchev–Trinajstić information content (AvgIpc) is 3.88. The van der Waals surface area contributed by atoms with Gasteiger partial charge in [0.1, 0.15) is 5.75 Å². The number of nitrogens with zero attached hydrogens (tertiary/aromatic N) is 6. The number of aryl methyl sites for hydroxylation is 1. The van der Waals surface area contributed by atoms with Gasteiger partial charge in [0.05, 0.1) is 40.5 Å². The van der Waals surface area contributed by atoms with Crippen LogP contribution in [0.15, 0.2) is 101 Å². The molecule has 1 atom stereocenters. The summed E-state index contributed by atoms with van der Waals surface area (Å²) in [6, 6.07) is 24.6. The summed E-state index contributed by atoms with van der Waals surface area (Å²) < 4.78 is 7.39. The summed E-state index contributed by atoms with van der Waals surface area (Å²) in [4.78, 5) is 38.2. The van der Waals surface area contributed by atoms with Crippen LogP contribution in [0.3, 0.4) is 0 Å². The van der Waals surface area contributed by atoms with Crippen molar-refractivity contribution >= 4 is 46.3 Å². The maximum Gasteiger partial charge on any atom is 0.269 e. The molecule has 2 aromatic heterocycles. The van der Waals surface area contributed by atoms with Crippen LogP contribution in [0.25, 0.3) is 5.69 Å². The van der Waals surface area contributed by atoms with Crippen molar-refractivity contribution in [2.24, 2.45) is 5.10 Å². The summed E-state index contributed by atoms with van der Waals surface area (Å²) in [5.74, 6) is 0.578. The molecule has 0 radical (unpaired) electrons. The maximum absolute atomic E-state index is 13.8. The Labute approximate surface area is 284 Å². The Morgan fingerprint density at radius 2 is 1.79 bits per heavy atom. The van der Waals surface area contributed by atoms with Crippen LogP contribution in [0.1, 0.15) is 51.6 Å². The monoisotopic (exact) mass is 681 g/mol. The van der Waals surface area contributed by atoms with Crippen LogP contribution in [0, 0.1) is 17.0 Å². The quantitative estimate of drug-likeness (QED) is 0.0912. The third-order valence-corrected chi connectivity index (χ3v) is 9.44. The topological polar surface area (TPSA) is 145 Å². The predicted molar refractivity (Wildman–Crippen MR) is 184 cm³/mol. The van der Waals surface area contributed by atoms with Crippen molar-refractivity contribution in [3.05, 3.63) is 128 Å². The van der Waals surface area contributed by atoms with Gasteiger partial charge in [-0.05, 0) is 67.3 Å². The van der Waals surface area contributed by atoms with E-state index in [4.69, 9.17) is 9.84 Å². The van der Waals surface area contributed by atoms with Crippen LogP contribution in [0.4, 0.5) is 5.69 Å². The lowest BCUT2D eigenvalue weighted by Crippen LogP contribution is -2.28. The van der Waals surface area contributed by atoms with Crippen molar-refractivity contribution in [3.8, 4) is 11.4 Å². The number of hydrogen-bond acceptors (Lipinski definition) is 10. The third-order valence-electron chi connectivity index (χ3n) is 7.61. The minimum atomic E-state index is -0.522. The van der Waals surface area contributed by atoms with Crippen LogP contribution in [0.5, 0.6) is 5.75 Å². The van der Waals surface area contributed by atoms with E-state index in [0.29, 0.717) is 29.8 Å². The van der Waals surface area contributed by atoms with Gasteiger partial charge in [-0.15, -0.1) is 21.5 Å². The molecule has 2 amide bonds. The number of aromatic nitrogens is 3. The van der Waals surface area contributed by atoms with E-state index in [1.165, 1.54) is 36.0 Å². The molecule has 1 N–H and O–H groups in total. The molecule has 0 saturated heterocycles. The number of non-ortho nitro benzene ring substituents is 1. The van der Waals surface area contributed by atoms with Crippen molar-refractivity contribution in [2.75, 3.05) is 12.4 Å². The highest BCUT2D eigenvalue weighted by atomic mass is 32.2. The van der Waals surface area contributed by atoms with E-state index < -0.39 is 10.8 Å². The summed E-state index contributed by atoms with van der Waals surface area (Å²) in [5, 5.41) is 31.4. The summed E-state index contributed by atoms with van der Waals surface area (Å²) in [6.07, 6.45) is 0.612. The van der Waals surface area contributed by atoms with Crippen molar-refractivity contribution in [2.45, 2.75) is 38.0 Å². The second kappa shape index (κ2) is 14.6. The molecule has 48 heavy (non-hydrogen) atoms. The minimum Gasteiger partial charge on any atom is -0.494 e. The molecule has 0 saturated carbocycles. The van der Waals surface area contributed by atoms with E-state index in [9.17, 15) is 19.7 Å². The first-order valence-electron chi connectivity index (χ1n) is 15.1. The second-order valence-electron chi connectivity index (χ2n) is 10.8. The predicted octanol–water partition coefficient (Wildman–Crippen LogP) is 6.34. The second-order valence-corrected chi connectivity index (χ2v) is 12.7. The molecule has 1 aliphatic rings. The number of rotatable bonds is 12. The zero-order valence-electron chi connectivity index (χ0n) is 26.1. The highest BCUT2D eigenvalue weighted by Gasteiger charge is 2.33. The van der Waals surface area contributed by atoms with E-state index in [1.807, 2.05) is 79.9 Å². The van der Waals surface area contributed by atoms with E-state index in [-0.39, 0.29) is 35.5 Å². The largest absolute Gasteiger partial charge is 0.494 e. The lowest BCUT2D eigenvalue weighted by Gasteiger charge is -2.22. The Morgan fingerprint density at radius 1 is 1.04 bits per heavy atom. The first kappa shape index (κ1) is 32.6. The SMILES string of the molecule is CCOc1ccc(-n2c(CNC(=O)c3ccc([N+](=O)[O-])cc3)nnc2SCC(=O)N2N=C(c3cccs3)CC2c2ccc(C)cc2)cc1. The maximum atomic E-state index is 13.8. The Balaban J connectivity index is 1.23. The van der Waals surface area contributed by atoms with Crippen molar-refractivity contribution in [1.82, 2.24) is 25.1 Å². The molecule has 12 nitrogen and oxygen atoms in total. The molecule has 0 fully saturated rings. The lowest BCUT2D eigenvalue weighted by molar-refractivity contribution is -0.384. The highest BCUT2D eigenvalue weighted by Crippen LogP contribution is 2.35. The van der Waals surface area contributed by atoms with Crippen LogP contribution < -0.4 is 10.1 Å². The molecule has 3 aromatic carbocycles. The Morgan fingerprint density at radius 3 is 2.46 bits per heavy atom. The first-order valence-corrected chi connectivity index (χ1v) is 17.0. The Kier molecular flexibility index (Phi) is 9.92. The van der Waals surface area contributed by atoms with Crippen molar-refractivity contribution in [3.63, 3.8) is 0 Å². The van der Waals surface area contributed by atoms with E-state index >= 15 is 0 Å². The number of nitro benzene ring substituents is 1. The molecule has 6 rings (SSSR count). The number of nitro groups is 1. The van der Waals surface area contributed by atoms with E-state index in [1.54, 1.807) is 20.9 Å². The summed E-state index contributed by atoms with van der Waals surface area (Å²) in [5.41, 5.74) is 3.90. The van der Waals surface area contributed by atoms with Gasteiger partial charge >= 0.3 is 0 Å². The summed E-state index contributed by atoms with van der Waals surface area (Å²) >= 11 is 2.82. The standard InChI is InChI=1S/C34H31N7O5S2/c1-3-46-27-16-14-25(15-17-27)39-31(20-35-33(43)24-10-12-26(13-11-24)41(44)45)36-37-34(39)48-21-32(42)40-29(23-8-6-22(2)7-9-23)19-28(38-40)30-5-4-18-47-30/h4-18,29H,3,19-21H2,1-2H3,(H,35,43). The summed E-state index contributed by atoms with van der Waals surface area (Å²) in [7, 11) is 0. The molecule has 244 valence electrons. The van der Waals surface area contributed by atoms with Crippen molar-refractivity contribution in [1.29, 1.82) is 0 Å². The zero-order chi connectivity index (χ0) is 33.6. The van der Waals surface area contributed by atoms with Gasteiger partial charge in [0.2, 0.25) is 0 Å². The number of carbonyl (C=O) groups is 2. The van der Waals surface area contributed by atoms with Gasteiger partial charge in [0.25, 0.3) is 17.5 Å².